The monoisotopic (exact) mass is 315 g/mol. The number of hydrogen-bond donors (Lipinski definition) is 0. The number of likely N-dealkylation sites (tertiary alicyclic amines) is 1. The summed E-state index contributed by atoms with van der Waals surface area (Å²) in [6, 6.07) is 3.63. The molecular formula is C17H21N3O3. The van der Waals surface area contributed by atoms with E-state index in [9.17, 15) is 9.59 Å². The average molecular weight is 315 g/mol. The Balaban J connectivity index is 1.76. The summed E-state index contributed by atoms with van der Waals surface area (Å²) in [5, 5.41) is 0. The van der Waals surface area contributed by atoms with Crippen LogP contribution in [-0.2, 0) is 9.53 Å². The van der Waals surface area contributed by atoms with E-state index >= 15 is 0 Å². The first-order chi connectivity index (χ1) is 11.1. The number of esters is 1. The van der Waals surface area contributed by atoms with Crippen molar-refractivity contribution in [1.29, 1.82) is 0 Å². The lowest BCUT2D eigenvalue weighted by molar-refractivity contribution is -0.149. The van der Waals surface area contributed by atoms with E-state index in [1.807, 2.05) is 23.6 Å². The Morgan fingerprint density at radius 3 is 2.96 bits per heavy atom. The Morgan fingerprint density at radius 1 is 1.35 bits per heavy atom. The lowest BCUT2D eigenvalue weighted by Gasteiger charge is -2.31. The molecule has 0 N–H and O–H groups in total. The molecule has 0 bridgehead atoms. The first kappa shape index (κ1) is 15.5. The van der Waals surface area contributed by atoms with Gasteiger partial charge >= 0.3 is 5.97 Å². The highest BCUT2D eigenvalue weighted by atomic mass is 16.5. The Bertz CT molecular complexity index is 738. The van der Waals surface area contributed by atoms with Gasteiger partial charge in [0.15, 0.2) is 0 Å². The largest absolute Gasteiger partial charge is 0.466 e. The first-order valence-electron chi connectivity index (χ1n) is 7.99. The van der Waals surface area contributed by atoms with Crippen LogP contribution in [0, 0.1) is 12.8 Å². The number of imidazole rings is 1. The molecule has 3 rings (SSSR count). The minimum atomic E-state index is -0.216. The predicted molar refractivity (Wildman–Crippen MR) is 85.2 cm³/mol. The van der Waals surface area contributed by atoms with Crippen molar-refractivity contribution in [1.82, 2.24) is 14.3 Å². The fourth-order valence-electron chi connectivity index (χ4n) is 3.04. The summed E-state index contributed by atoms with van der Waals surface area (Å²) in [7, 11) is 0. The Kier molecular flexibility index (Phi) is 4.32. The Morgan fingerprint density at radius 2 is 2.17 bits per heavy atom. The van der Waals surface area contributed by atoms with Crippen molar-refractivity contribution >= 4 is 17.5 Å². The van der Waals surface area contributed by atoms with Crippen LogP contribution >= 0.6 is 0 Å². The molecule has 6 heteroatoms. The summed E-state index contributed by atoms with van der Waals surface area (Å²) in [5.41, 5.74) is 2.34. The molecule has 6 nitrogen and oxygen atoms in total. The molecule has 0 saturated carbocycles. The van der Waals surface area contributed by atoms with Gasteiger partial charge in [0, 0.05) is 25.5 Å². The second-order valence-corrected chi connectivity index (χ2v) is 5.91. The van der Waals surface area contributed by atoms with Crippen LogP contribution in [0.25, 0.3) is 5.65 Å². The average Bonchev–Trinajstić information content (AvgIpc) is 2.93. The number of amides is 1. The number of aromatic nitrogens is 2. The summed E-state index contributed by atoms with van der Waals surface area (Å²) in [6.45, 7) is 5.20. The van der Waals surface area contributed by atoms with Crippen molar-refractivity contribution in [2.24, 2.45) is 5.92 Å². The number of ether oxygens (including phenoxy) is 1. The van der Waals surface area contributed by atoms with Crippen molar-refractivity contribution in [3.8, 4) is 0 Å². The van der Waals surface area contributed by atoms with Gasteiger partial charge in [-0.3, -0.25) is 9.59 Å². The number of fused-ring (bicyclic) bond motifs is 1. The van der Waals surface area contributed by atoms with Gasteiger partial charge in [0.25, 0.3) is 5.91 Å². The predicted octanol–water partition coefficient (Wildman–Crippen LogP) is 2.06. The Labute approximate surface area is 135 Å². The topological polar surface area (TPSA) is 63.9 Å². The van der Waals surface area contributed by atoms with Gasteiger partial charge in [0.1, 0.15) is 5.65 Å². The highest BCUT2D eigenvalue weighted by Crippen LogP contribution is 2.20. The van der Waals surface area contributed by atoms with Crippen LogP contribution in [0.2, 0.25) is 0 Å². The zero-order valence-electron chi connectivity index (χ0n) is 13.5. The molecule has 2 aromatic rings. The van der Waals surface area contributed by atoms with E-state index in [2.05, 4.69) is 4.98 Å². The molecule has 0 radical (unpaired) electrons. The van der Waals surface area contributed by atoms with Gasteiger partial charge < -0.3 is 14.0 Å². The van der Waals surface area contributed by atoms with Crippen LogP contribution in [-0.4, -0.2) is 45.9 Å². The molecule has 1 amide bonds. The minimum absolute atomic E-state index is 0.0488. The SMILES string of the molecule is CCOC(=O)C1CCCN(C(=O)c2ccc3nc(C)cn3c2)C1. The van der Waals surface area contributed by atoms with Gasteiger partial charge in [-0.15, -0.1) is 0 Å². The highest BCUT2D eigenvalue weighted by molar-refractivity contribution is 5.94. The summed E-state index contributed by atoms with van der Waals surface area (Å²) in [6.07, 6.45) is 5.29. The van der Waals surface area contributed by atoms with Crippen LogP contribution in [0.4, 0.5) is 0 Å². The minimum Gasteiger partial charge on any atom is -0.466 e. The van der Waals surface area contributed by atoms with Gasteiger partial charge in [0.05, 0.1) is 23.8 Å². The molecule has 1 saturated heterocycles. The smallest absolute Gasteiger partial charge is 0.310 e. The zero-order chi connectivity index (χ0) is 16.4. The van der Waals surface area contributed by atoms with Crippen molar-refractivity contribution < 1.29 is 14.3 Å². The van der Waals surface area contributed by atoms with Crippen LogP contribution in [0.1, 0.15) is 35.8 Å². The zero-order valence-corrected chi connectivity index (χ0v) is 13.5. The van der Waals surface area contributed by atoms with Crippen molar-refractivity contribution in [2.75, 3.05) is 19.7 Å². The van der Waals surface area contributed by atoms with Gasteiger partial charge in [-0.05, 0) is 38.8 Å². The first-order valence-corrected chi connectivity index (χ1v) is 7.99. The molecule has 1 unspecified atom stereocenters. The van der Waals surface area contributed by atoms with E-state index < -0.39 is 0 Å². The Hall–Kier alpha value is -2.37. The van der Waals surface area contributed by atoms with E-state index in [0.717, 1.165) is 24.2 Å². The standard InChI is InChI=1S/C17H21N3O3/c1-3-23-17(22)14-5-4-8-19(11-14)16(21)13-6-7-15-18-12(2)9-20(15)10-13/h6-7,9-10,14H,3-5,8,11H2,1-2H3. The third-order valence-electron chi connectivity index (χ3n) is 4.15. The van der Waals surface area contributed by atoms with Gasteiger partial charge in [-0.1, -0.05) is 0 Å². The van der Waals surface area contributed by atoms with Crippen LogP contribution in [0.15, 0.2) is 24.5 Å². The van der Waals surface area contributed by atoms with Crippen LogP contribution < -0.4 is 0 Å². The summed E-state index contributed by atoms with van der Waals surface area (Å²) < 4.78 is 6.94. The van der Waals surface area contributed by atoms with E-state index in [1.165, 1.54) is 0 Å². The third kappa shape index (κ3) is 3.21. The summed E-state index contributed by atoms with van der Waals surface area (Å²) in [4.78, 5) is 30.7. The highest BCUT2D eigenvalue weighted by Gasteiger charge is 2.29. The molecule has 122 valence electrons. The maximum Gasteiger partial charge on any atom is 0.310 e. The number of pyridine rings is 1. The molecule has 1 fully saturated rings. The maximum atomic E-state index is 12.7. The molecule has 2 aromatic heterocycles. The lowest BCUT2D eigenvalue weighted by atomic mass is 9.97. The second kappa shape index (κ2) is 6.40. The third-order valence-corrected chi connectivity index (χ3v) is 4.15. The fourth-order valence-corrected chi connectivity index (χ4v) is 3.04. The van der Waals surface area contributed by atoms with Crippen LogP contribution in [0.5, 0.6) is 0 Å². The van der Waals surface area contributed by atoms with E-state index in [1.54, 1.807) is 24.1 Å². The van der Waals surface area contributed by atoms with Crippen LogP contribution in [0.3, 0.4) is 0 Å². The van der Waals surface area contributed by atoms with E-state index in [0.29, 0.717) is 25.3 Å². The van der Waals surface area contributed by atoms with Crippen molar-refractivity contribution in [3.05, 3.63) is 35.8 Å². The number of nitrogens with zero attached hydrogens (tertiary/aromatic N) is 3. The van der Waals surface area contributed by atoms with Crippen molar-refractivity contribution in [3.63, 3.8) is 0 Å². The number of rotatable bonds is 3. The molecule has 0 aliphatic carbocycles. The van der Waals surface area contributed by atoms with Gasteiger partial charge in [-0.2, -0.15) is 0 Å². The number of hydrogen-bond acceptors (Lipinski definition) is 4. The molecule has 1 aliphatic rings. The summed E-state index contributed by atoms with van der Waals surface area (Å²) in [5.74, 6) is -0.468. The van der Waals surface area contributed by atoms with E-state index in [4.69, 9.17) is 4.74 Å². The molecule has 0 aromatic carbocycles. The molecule has 3 heterocycles. The number of carbonyl (C=O) groups excluding carboxylic acids is 2. The van der Waals surface area contributed by atoms with Gasteiger partial charge in [0.2, 0.25) is 0 Å². The van der Waals surface area contributed by atoms with E-state index in [-0.39, 0.29) is 17.8 Å². The van der Waals surface area contributed by atoms with Gasteiger partial charge in [-0.25, -0.2) is 4.98 Å². The second-order valence-electron chi connectivity index (χ2n) is 5.91. The maximum absolute atomic E-state index is 12.7. The van der Waals surface area contributed by atoms with Crippen molar-refractivity contribution in [2.45, 2.75) is 26.7 Å². The normalized spacial score (nSPS) is 18.2. The quantitative estimate of drug-likeness (QED) is 0.813. The molecule has 1 aliphatic heterocycles. The lowest BCUT2D eigenvalue weighted by Crippen LogP contribution is -2.42. The summed E-state index contributed by atoms with van der Waals surface area (Å²) >= 11 is 0. The number of piperidine rings is 1. The number of carbonyl (C=O) groups is 2. The molecule has 23 heavy (non-hydrogen) atoms. The molecule has 1 atom stereocenters. The molecule has 0 spiro atoms. The molecular weight excluding hydrogens is 294 g/mol. The fraction of sp³-hybridized carbons (Fsp3) is 0.471. The number of aryl methyl sites for hydroxylation is 1.